The predicted molar refractivity (Wildman–Crippen MR) is 99.5 cm³/mol. The Kier molecular flexibility index (Phi) is 3.80. The molecule has 136 valence electrons. The Bertz CT molecular complexity index is 1200. The van der Waals surface area contributed by atoms with Gasteiger partial charge in [-0.25, -0.2) is 0 Å². The van der Waals surface area contributed by atoms with Crippen molar-refractivity contribution in [3.05, 3.63) is 71.9 Å². The van der Waals surface area contributed by atoms with Crippen LogP contribution in [0.4, 0.5) is 0 Å². The second-order valence-electron chi connectivity index (χ2n) is 6.28. The van der Waals surface area contributed by atoms with Crippen LogP contribution in [0, 0.1) is 11.3 Å². The van der Waals surface area contributed by atoms with Gasteiger partial charge < -0.3 is 18.6 Å². The molecule has 0 saturated heterocycles. The molecule has 3 heterocycles. The van der Waals surface area contributed by atoms with E-state index in [1.54, 1.807) is 0 Å². The Hall–Kier alpha value is -4.05. The molecule has 28 heavy (non-hydrogen) atoms. The summed E-state index contributed by atoms with van der Waals surface area (Å²) in [5.41, 5.74) is 3.14. The van der Waals surface area contributed by atoms with Crippen molar-refractivity contribution < 1.29 is 14.0 Å². The molecule has 0 fully saturated rings. The molecule has 2 aromatic heterocycles. The number of nitriles is 1. The summed E-state index contributed by atoms with van der Waals surface area (Å²) in [7, 11) is 0. The predicted octanol–water partition coefficient (Wildman–Crippen LogP) is 3.85. The Balaban J connectivity index is 1.46. The highest BCUT2D eigenvalue weighted by atomic mass is 16.7. The fourth-order valence-corrected chi connectivity index (χ4v) is 3.18. The van der Waals surface area contributed by atoms with Gasteiger partial charge in [0.2, 0.25) is 12.6 Å². The minimum Gasteiger partial charge on any atom is -0.454 e. The van der Waals surface area contributed by atoms with Crippen LogP contribution in [0.2, 0.25) is 0 Å². The maximum atomic E-state index is 9.31. The summed E-state index contributed by atoms with van der Waals surface area (Å²) in [5.74, 6) is 2.25. The number of hydrogen-bond donors (Lipinski definition) is 0. The molecular weight excluding hydrogens is 356 g/mol. The third-order valence-corrected chi connectivity index (χ3v) is 4.58. The molecule has 0 radical (unpaired) electrons. The molecule has 4 aromatic rings. The quantitative estimate of drug-likeness (QED) is 0.542. The first kappa shape index (κ1) is 16.1. The largest absolute Gasteiger partial charge is 0.454 e. The van der Waals surface area contributed by atoms with Gasteiger partial charge in [0.05, 0.1) is 11.6 Å². The van der Waals surface area contributed by atoms with E-state index in [4.69, 9.17) is 14.0 Å². The normalized spacial score (nSPS) is 12.1. The van der Waals surface area contributed by atoms with Crippen LogP contribution < -0.4 is 9.47 Å². The van der Waals surface area contributed by atoms with Crippen LogP contribution in [0.25, 0.3) is 23.0 Å². The Morgan fingerprint density at radius 3 is 2.86 bits per heavy atom. The molecule has 0 saturated carbocycles. The molecule has 5 rings (SSSR count). The minimum atomic E-state index is 0.216. The van der Waals surface area contributed by atoms with Gasteiger partial charge in [0, 0.05) is 18.3 Å². The third-order valence-electron chi connectivity index (χ3n) is 4.58. The van der Waals surface area contributed by atoms with Crippen LogP contribution in [0.5, 0.6) is 11.5 Å². The number of benzene rings is 2. The molecule has 0 aliphatic carbocycles. The molecule has 1 aliphatic rings. The zero-order chi connectivity index (χ0) is 18.9. The van der Waals surface area contributed by atoms with E-state index in [0.717, 1.165) is 16.8 Å². The monoisotopic (exact) mass is 370 g/mol. The zero-order valence-corrected chi connectivity index (χ0v) is 14.7. The summed E-state index contributed by atoms with van der Waals surface area (Å²) in [4.78, 5) is 4.53. The molecule has 0 N–H and O–H groups in total. The van der Waals surface area contributed by atoms with Crippen molar-refractivity contribution in [2.24, 2.45) is 0 Å². The van der Waals surface area contributed by atoms with Crippen molar-refractivity contribution in [1.82, 2.24) is 14.7 Å². The van der Waals surface area contributed by atoms with Gasteiger partial charge in [0.25, 0.3) is 5.89 Å². The summed E-state index contributed by atoms with van der Waals surface area (Å²) in [6.07, 6.45) is 1.92. The highest BCUT2D eigenvalue weighted by Crippen LogP contribution is 2.35. The fourth-order valence-electron chi connectivity index (χ4n) is 3.18. The molecule has 7 nitrogen and oxygen atoms in total. The van der Waals surface area contributed by atoms with Crippen LogP contribution in [-0.4, -0.2) is 21.5 Å². The van der Waals surface area contributed by atoms with E-state index < -0.39 is 0 Å². The van der Waals surface area contributed by atoms with Crippen molar-refractivity contribution in [2.45, 2.75) is 6.54 Å². The third kappa shape index (κ3) is 2.77. The van der Waals surface area contributed by atoms with Gasteiger partial charge in [-0.1, -0.05) is 23.4 Å². The summed E-state index contributed by atoms with van der Waals surface area (Å²) < 4.78 is 18.2. The molecule has 0 atom stereocenters. The average molecular weight is 370 g/mol. The zero-order valence-electron chi connectivity index (χ0n) is 14.7. The van der Waals surface area contributed by atoms with E-state index >= 15 is 0 Å². The lowest BCUT2D eigenvalue weighted by Gasteiger charge is -2.08. The minimum absolute atomic E-state index is 0.216. The first-order valence-electron chi connectivity index (χ1n) is 8.69. The van der Waals surface area contributed by atoms with E-state index in [-0.39, 0.29) is 6.79 Å². The molecular formula is C21H14N4O3. The van der Waals surface area contributed by atoms with Crippen LogP contribution in [0.3, 0.4) is 0 Å². The van der Waals surface area contributed by atoms with E-state index in [2.05, 4.69) is 16.2 Å². The number of rotatable bonds is 4. The molecule has 7 heteroatoms. The topological polar surface area (TPSA) is 86.1 Å². The summed E-state index contributed by atoms with van der Waals surface area (Å²) in [6, 6.07) is 19.1. The average Bonchev–Trinajstić information content (AvgIpc) is 3.47. The van der Waals surface area contributed by atoms with Gasteiger partial charge in [-0.05, 0) is 42.0 Å². The van der Waals surface area contributed by atoms with Gasteiger partial charge >= 0.3 is 0 Å². The number of aromatic nitrogens is 3. The van der Waals surface area contributed by atoms with E-state index in [0.29, 0.717) is 35.3 Å². The van der Waals surface area contributed by atoms with Crippen molar-refractivity contribution in [1.29, 1.82) is 5.26 Å². The molecule has 0 amide bonds. The highest BCUT2D eigenvalue weighted by molar-refractivity contribution is 5.63. The molecule has 0 bridgehead atoms. The summed E-state index contributed by atoms with van der Waals surface area (Å²) >= 11 is 0. The Morgan fingerprint density at radius 1 is 1.04 bits per heavy atom. The molecule has 2 aromatic carbocycles. The fraction of sp³-hybridized carbons (Fsp3) is 0.0952. The molecule has 0 spiro atoms. The van der Waals surface area contributed by atoms with E-state index in [9.17, 15) is 5.26 Å². The van der Waals surface area contributed by atoms with Crippen LogP contribution in [0.15, 0.2) is 65.3 Å². The van der Waals surface area contributed by atoms with Gasteiger partial charge in [-0.15, -0.1) is 0 Å². The first-order chi connectivity index (χ1) is 13.8. The van der Waals surface area contributed by atoms with Crippen LogP contribution in [-0.2, 0) is 6.54 Å². The van der Waals surface area contributed by atoms with Gasteiger partial charge in [-0.3, -0.25) is 0 Å². The number of fused-ring (bicyclic) bond motifs is 1. The highest BCUT2D eigenvalue weighted by Gasteiger charge is 2.18. The maximum Gasteiger partial charge on any atom is 0.274 e. The summed E-state index contributed by atoms with van der Waals surface area (Å²) in [5, 5.41) is 13.4. The van der Waals surface area contributed by atoms with Crippen molar-refractivity contribution in [3.63, 3.8) is 0 Å². The van der Waals surface area contributed by atoms with E-state index in [1.165, 1.54) is 0 Å². The molecule has 1 aliphatic heterocycles. The van der Waals surface area contributed by atoms with Crippen LogP contribution >= 0.6 is 0 Å². The van der Waals surface area contributed by atoms with Crippen molar-refractivity contribution >= 4 is 0 Å². The van der Waals surface area contributed by atoms with Gasteiger partial charge in [0.1, 0.15) is 5.69 Å². The Labute approximate surface area is 160 Å². The SMILES string of the molecule is N#Cc1ccccc1Cn1cccc1-c1nc(-c2ccc3c(c2)OCO3)no1. The number of ether oxygens (including phenoxy) is 2. The maximum absolute atomic E-state index is 9.31. The molecule has 0 unspecified atom stereocenters. The lowest BCUT2D eigenvalue weighted by molar-refractivity contribution is 0.174. The summed E-state index contributed by atoms with van der Waals surface area (Å²) in [6.45, 7) is 0.752. The smallest absolute Gasteiger partial charge is 0.274 e. The number of nitrogens with zero attached hydrogens (tertiary/aromatic N) is 4. The van der Waals surface area contributed by atoms with Crippen LogP contribution in [0.1, 0.15) is 11.1 Å². The van der Waals surface area contributed by atoms with Gasteiger partial charge in [-0.2, -0.15) is 10.2 Å². The van der Waals surface area contributed by atoms with Gasteiger partial charge in [0.15, 0.2) is 11.5 Å². The second kappa shape index (κ2) is 6.59. The Morgan fingerprint density at radius 2 is 1.93 bits per heavy atom. The lowest BCUT2D eigenvalue weighted by atomic mass is 10.1. The second-order valence-corrected chi connectivity index (χ2v) is 6.28. The number of hydrogen-bond acceptors (Lipinski definition) is 6. The van der Waals surface area contributed by atoms with Crippen molar-refractivity contribution in [2.75, 3.05) is 6.79 Å². The standard InChI is InChI=1S/C21H14N4O3/c22-11-15-4-1-2-5-16(15)12-25-9-3-6-17(25)21-23-20(24-28-21)14-7-8-18-19(10-14)27-13-26-18/h1-10H,12-13H2. The lowest BCUT2D eigenvalue weighted by Crippen LogP contribution is -2.02. The first-order valence-corrected chi connectivity index (χ1v) is 8.69. The van der Waals surface area contributed by atoms with E-state index in [1.807, 2.05) is 65.4 Å². The van der Waals surface area contributed by atoms with Crippen molar-refractivity contribution in [3.8, 4) is 40.5 Å².